The van der Waals surface area contributed by atoms with Crippen LogP contribution in [-0.2, 0) is 6.42 Å². The smallest absolute Gasteiger partial charge is 0.118 e. The standard InChI is InChI=1S/C13H16O/c1-3-4-5-6-7-12-8-9-13(14)11(2)10-12/h3-6,8-10,14H,7H2,1-2H3/b4-3+,6-5+. The first kappa shape index (κ1) is 10.6. The summed E-state index contributed by atoms with van der Waals surface area (Å²) in [5.41, 5.74) is 2.16. The van der Waals surface area contributed by atoms with Crippen LogP contribution >= 0.6 is 0 Å². The second-order valence-corrected chi connectivity index (χ2v) is 3.28. The molecule has 1 rings (SSSR count). The summed E-state index contributed by atoms with van der Waals surface area (Å²) in [5, 5.41) is 9.32. The number of benzene rings is 1. The third-order valence-electron chi connectivity index (χ3n) is 2.05. The van der Waals surface area contributed by atoms with Crippen molar-refractivity contribution in [3.8, 4) is 5.75 Å². The molecule has 0 aliphatic rings. The maximum absolute atomic E-state index is 9.32. The number of aryl methyl sites for hydroxylation is 1. The van der Waals surface area contributed by atoms with Gasteiger partial charge in [-0.3, -0.25) is 0 Å². The molecule has 0 radical (unpaired) electrons. The summed E-state index contributed by atoms with van der Waals surface area (Å²) in [6.45, 7) is 3.91. The highest BCUT2D eigenvalue weighted by atomic mass is 16.3. The van der Waals surface area contributed by atoms with E-state index in [1.165, 1.54) is 5.56 Å². The number of rotatable bonds is 3. The van der Waals surface area contributed by atoms with Gasteiger partial charge in [0.05, 0.1) is 0 Å². The van der Waals surface area contributed by atoms with E-state index in [1.807, 2.05) is 44.2 Å². The van der Waals surface area contributed by atoms with Gasteiger partial charge in [0.15, 0.2) is 0 Å². The lowest BCUT2D eigenvalue weighted by Gasteiger charge is -2.00. The fourth-order valence-corrected chi connectivity index (χ4v) is 1.24. The van der Waals surface area contributed by atoms with Gasteiger partial charge in [0.25, 0.3) is 0 Å². The largest absolute Gasteiger partial charge is 0.508 e. The Morgan fingerprint density at radius 2 is 2.07 bits per heavy atom. The van der Waals surface area contributed by atoms with Crippen LogP contribution in [0.1, 0.15) is 18.1 Å². The lowest BCUT2D eigenvalue weighted by atomic mass is 10.1. The molecule has 0 bridgehead atoms. The van der Waals surface area contributed by atoms with Crippen molar-refractivity contribution in [3.05, 3.63) is 53.6 Å². The molecule has 0 aliphatic heterocycles. The van der Waals surface area contributed by atoms with Gasteiger partial charge < -0.3 is 5.11 Å². The van der Waals surface area contributed by atoms with E-state index < -0.39 is 0 Å². The molecule has 0 spiro atoms. The summed E-state index contributed by atoms with van der Waals surface area (Å²) in [4.78, 5) is 0. The zero-order valence-electron chi connectivity index (χ0n) is 8.70. The van der Waals surface area contributed by atoms with Gasteiger partial charge in [-0.15, -0.1) is 0 Å². The maximum atomic E-state index is 9.32. The number of hydrogen-bond donors (Lipinski definition) is 1. The zero-order valence-corrected chi connectivity index (χ0v) is 8.70. The van der Waals surface area contributed by atoms with Crippen molar-refractivity contribution in [1.29, 1.82) is 0 Å². The quantitative estimate of drug-likeness (QED) is 0.721. The minimum atomic E-state index is 0.367. The van der Waals surface area contributed by atoms with E-state index in [-0.39, 0.29) is 0 Å². The Kier molecular flexibility index (Phi) is 3.99. The molecular formula is C13H16O. The molecule has 0 fully saturated rings. The van der Waals surface area contributed by atoms with Gasteiger partial charge in [-0.2, -0.15) is 0 Å². The fourth-order valence-electron chi connectivity index (χ4n) is 1.24. The van der Waals surface area contributed by atoms with Crippen LogP contribution in [0.2, 0.25) is 0 Å². The van der Waals surface area contributed by atoms with Crippen LogP contribution in [0.5, 0.6) is 5.75 Å². The van der Waals surface area contributed by atoms with Crippen molar-refractivity contribution in [3.63, 3.8) is 0 Å². The van der Waals surface area contributed by atoms with Crippen LogP contribution in [0.25, 0.3) is 0 Å². The van der Waals surface area contributed by atoms with E-state index >= 15 is 0 Å². The third-order valence-corrected chi connectivity index (χ3v) is 2.05. The molecule has 0 unspecified atom stereocenters. The second-order valence-electron chi connectivity index (χ2n) is 3.28. The van der Waals surface area contributed by atoms with Crippen molar-refractivity contribution in [2.45, 2.75) is 20.3 Å². The van der Waals surface area contributed by atoms with Crippen LogP contribution in [0.3, 0.4) is 0 Å². The minimum Gasteiger partial charge on any atom is -0.508 e. The molecule has 1 aromatic carbocycles. The Balaban J connectivity index is 2.64. The van der Waals surface area contributed by atoms with Crippen molar-refractivity contribution in [2.24, 2.45) is 0 Å². The van der Waals surface area contributed by atoms with Gasteiger partial charge in [-0.25, -0.2) is 0 Å². The van der Waals surface area contributed by atoms with E-state index in [0.717, 1.165) is 12.0 Å². The van der Waals surface area contributed by atoms with E-state index in [9.17, 15) is 5.11 Å². The van der Waals surface area contributed by atoms with Gasteiger partial charge in [0.2, 0.25) is 0 Å². The fraction of sp³-hybridized carbons (Fsp3) is 0.231. The summed E-state index contributed by atoms with van der Waals surface area (Å²) in [5.74, 6) is 0.367. The van der Waals surface area contributed by atoms with Crippen LogP contribution in [-0.4, -0.2) is 5.11 Å². The van der Waals surface area contributed by atoms with Gasteiger partial charge in [-0.1, -0.05) is 36.4 Å². The van der Waals surface area contributed by atoms with Crippen molar-refractivity contribution in [1.82, 2.24) is 0 Å². The van der Waals surface area contributed by atoms with E-state index in [1.54, 1.807) is 6.07 Å². The molecule has 1 aromatic rings. The Morgan fingerprint density at radius 1 is 1.29 bits per heavy atom. The number of phenols is 1. The lowest BCUT2D eigenvalue weighted by Crippen LogP contribution is -1.82. The Hall–Kier alpha value is -1.50. The Labute approximate surface area is 85.4 Å². The number of phenolic OH excluding ortho intramolecular Hbond substituents is 1. The summed E-state index contributed by atoms with van der Waals surface area (Å²) in [7, 11) is 0. The summed E-state index contributed by atoms with van der Waals surface area (Å²) in [6, 6.07) is 5.70. The maximum Gasteiger partial charge on any atom is 0.118 e. The molecule has 1 nitrogen and oxygen atoms in total. The highest BCUT2D eigenvalue weighted by Crippen LogP contribution is 2.17. The summed E-state index contributed by atoms with van der Waals surface area (Å²) in [6.07, 6.45) is 9.05. The van der Waals surface area contributed by atoms with Crippen LogP contribution in [0.15, 0.2) is 42.5 Å². The van der Waals surface area contributed by atoms with Gasteiger partial charge >= 0.3 is 0 Å². The van der Waals surface area contributed by atoms with Crippen LogP contribution < -0.4 is 0 Å². The highest BCUT2D eigenvalue weighted by Gasteiger charge is 1.95. The number of aromatic hydroxyl groups is 1. The van der Waals surface area contributed by atoms with Crippen molar-refractivity contribution in [2.75, 3.05) is 0 Å². The molecule has 0 saturated heterocycles. The third kappa shape index (κ3) is 3.09. The predicted molar refractivity (Wildman–Crippen MR) is 60.5 cm³/mol. The van der Waals surface area contributed by atoms with Gasteiger partial charge in [0, 0.05) is 0 Å². The van der Waals surface area contributed by atoms with Gasteiger partial charge in [0.1, 0.15) is 5.75 Å². The van der Waals surface area contributed by atoms with Crippen molar-refractivity contribution >= 4 is 0 Å². The number of hydrogen-bond acceptors (Lipinski definition) is 1. The predicted octanol–water partition coefficient (Wildman–Crippen LogP) is 3.38. The first-order valence-corrected chi connectivity index (χ1v) is 4.80. The highest BCUT2D eigenvalue weighted by molar-refractivity contribution is 5.35. The number of allylic oxidation sites excluding steroid dienone is 4. The molecule has 0 saturated carbocycles. The first-order chi connectivity index (χ1) is 6.74. The molecule has 0 atom stereocenters. The van der Waals surface area contributed by atoms with E-state index in [4.69, 9.17) is 0 Å². The average Bonchev–Trinajstić information content (AvgIpc) is 2.18. The first-order valence-electron chi connectivity index (χ1n) is 4.80. The zero-order chi connectivity index (χ0) is 10.4. The minimum absolute atomic E-state index is 0.367. The van der Waals surface area contributed by atoms with Crippen LogP contribution in [0.4, 0.5) is 0 Å². The van der Waals surface area contributed by atoms with Crippen molar-refractivity contribution < 1.29 is 5.11 Å². The molecule has 14 heavy (non-hydrogen) atoms. The molecule has 0 aromatic heterocycles. The molecule has 74 valence electrons. The summed E-state index contributed by atoms with van der Waals surface area (Å²) < 4.78 is 0. The topological polar surface area (TPSA) is 20.2 Å². The molecule has 0 aliphatic carbocycles. The van der Waals surface area contributed by atoms with E-state index in [2.05, 4.69) is 6.08 Å². The molecule has 0 heterocycles. The Bertz CT molecular complexity index is 348. The monoisotopic (exact) mass is 188 g/mol. The summed E-state index contributed by atoms with van der Waals surface area (Å²) >= 11 is 0. The SMILES string of the molecule is C/C=C/C=C/Cc1ccc(O)c(C)c1. The second kappa shape index (κ2) is 5.28. The lowest BCUT2D eigenvalue weighted by molar-refractivity contribution is 0.471. The molecule has 1 heteroatoms. The average molecular weight is 188 g/mol. The molecule has 0 amide bonds. The molecular weight excluding hydrogens is 172 g/mol. The normalized spacial score (nSPS) is 11.6. The molecule has 1 N–H and O–H groups in total. The van der Waals surface area contributed by atoms with Gasteiger partial charge in [-0.05, 0) is 37.5 Å². The van der Waals surface area contributed by atoms with E-state index in [0.29, 0.717) is 5.75 Å². The Morgan fingerprint density at radius 3 is 2.71 bits per heavy atom. The van der Waals surface area contributed by atoms with Crippen LogP contribution in [0, 0.1) is 6.92 Å².